The van der Waals surface area contributed by atoms with Gasteiger partial charge in [0.15, 0.2) is 0 Å². The summed E-state index contributed by atoms with van der Waals surface area (Å²) in [5.74, 6) is -0.0919. The number of hydrogen-bond donors (Lipinski definition) is 0. The Bertz CT molecular complexity index is 588. The van der Waals surface area contributed by atoms with E-state index in [1.54, 1.807) is 14.1 Å². The summed E-state index contributed by atoms with van der Waals surface area (Å²) in [5.41, 5.74) is 0. The normalized spacial score (nSPS) is 15.7. The molecule has 12 heteroatoms. The van der Waals surface area contributed by atoms with Gasteiger partial charge in [0.25, 0.3) is 5.82 Å². The molecule has 0 unspecified atom stereocenters. The molecule has 0 aromatic carbocycles. The number of nitro groups is 2. The molecule has 0 spiro atoms. The molecule has 1 aromatic rings. The third kappa shape index (κ3) is 3.77. The van der Waals surface area contributed by atoms with Gasteiger partial charge in [-0.05, 0) is 7.05 Å². The van der Waals surface area contributed by atoms with E-state index in [1.807, 2.05) is 11.9 Å². The maximum absolute atomic E-state index is 11.0. The lowest BCUT2D eigenvalue weighted by atomic mass is 10.3. The first-order valence-corrected chi connectivity index (χ1v) is 6.93. The smallest absolute Gasteiger partial charge is 0.347 e. The predicted octanol–water partition coefficient (Wildman–Crippen LogP) is -0.759. The maximum atomic E-state index is 11.0. The van der Waals surface area contributed by atoms with Crippen molar-refractivity contribution in [3.05, 3.63) is 26.1 Å². The van der Waals surface area contributed by atoms with Crippen molar-refractivity contribution >= 4 is 11.9 Å². The topological polar surface area (TPSA) is 135 Å². The van der Waals surface area contributed by atoms with Gasteiger partial charge in [0, 0.05) is 40.3 Å². The minimum atomic E-state index is -2.21. The van der Waals surface area contributed by atoms with Crippen LogP contribution in [0.15, 0.2) is 0 Å². The molecule has 2 heterocycles. The molecule has 1 saturated heterocycles. The second kappa shape index (κ2) is 6.64. The quantitative estimate of drug-likeness (QED) is 0.386. The number of anilines is 2. The molecule has 0 radical (unpaired) electrons. The summed E-state index contributed by atoms with van der Waals surface area (Å²) < 4.78 is 0. The highest BCUT2D eigenvalue weighted by atomic mass is 16.7. The van der Waals surface area contributed by atoms with Crippen LogP contribution in [-0.4, -0.2) is 77.0 Å². The number of piperazine rings is 1. The summed E-state index contributed by atoms with van der Waals surface area (Å²) in [6, 6.07) is 0. The summed E-state index contributed by atoms with van der Waals surface area (Å²) >= 11 is 0. The molecule has 0 bridgehead atoms. The van der Waals surface area contributed by atoms with E-state index in [9.17, 15) is 20.2 Å². The molecule has 126 valence electrons. The largest absolute Gasteiger partial charge is 0.509 e. The fraction of sp³-hybridized carbons (Fsp3) is 0.727. The minimum Gasteiger partial charge on any atom is -0.347 e. The second-order valence-corrected chi connectivity index (χ2v) is 5.42. The van der Waals surface area contributed by atoms with Crippen molar-refractivity contribution in [2.45, 2.75) is 6.17 Å². The first-order valence-electron chi connectivity index (χ1n) is 6.93. The van der Waals surface area contributed by atoms with Gasteiger partial charge in [-0.25, -0.2) is 0 Å². The van der Waals surface area contributed by atoms with Gasteiger partial charge in [0.1, 0.15) is 9.85 Å². The number of aromatic nitrogens is 3. The van der Waals surface area contributed by atoms with Crippen molar-refractivity contribution in [2.75, 3.05) is 57.1 Å². The van der Waals surface area contributed by atoms with Crippen LogP contribution >= 0.6 is 0 Å². The average molecular weight is 326 g/mol. The first kappa shape index (κ1) is 16.7. The van der Waals surface area contributed by atoms with Crippen LogP contribution in [0.1, 0.15) is 12.0 Å². The molecular formula is C11H18N8O4. The molecule has 0 N–H and O–H groups in total. The Morgan fingerprint density at radius 1 is 1.04 bits per heavy atom. The van der Waals surface area contributed by atoms with Gasteiger partial charge in [-0.1, -0.05) is 0 Å². The lowest BCUT2D eigenvalue weighted by molar-refractivity contribution is -0.754. The predicted molar refractivity (Wildman–Crippen MR) is 80.6 cm³/mol. The molecule has 0 aliphatic carbocycles. The van der Waals surface area contributed by atoms with Gasteiger partial charge in [0.2, 0.25) is 11.9 Å². The van der Waals surface area contributed by atoms with Crippen LogP contribution in [0.3, 0.4) is 0 Å². The zero-order valence-corrected chi connectivity index (χ0v) is 13.1. The molecule has 0 saturated carbocycles. The van der Waals surface area contributed by atoms with E-state index in [4.69, 9.17) is 0 Å². The lowest BCUT2D eigenvalue weighted by Gasteiger charge is -2.32. The zero-order valence-electron chi connectivity index (χ0n) is 13.1. The molecule has 12 nitrogen and oxygen atoms in total. The third-order valence-electron chi connectivity index (χ3n) is 3.45. The van der Waals surface area contributed by atoms with Gasteiger partial charge >= 0.3 is 6.17 Å². The molecule has 23 heavy (non-hydrogen) atoms. The van der Waals surface area contributed by atoms with Gasteiger partial charge in [0.05, 0.1) is 0 Å². The molecule has 0 atom stereocenters. The van der Waals surface area contributed by atoms with Gasteiger partial charge < -0.3 is 14.7 Å². The van der Waals surface area contributed by atoms with Crippen molar-refractivity contribution in [2.24, 2.45) is 0 Å². The summed E-state index contributed by atoms with van der Waals surface area (Å²) in [4.78, 5) is 37.5. The van der Waals surface area contributed by atoms with Crippen molar-refractivity contribution < 1.29 is 9.85 Å². The van der Waals surface area contributed by atoms with E-state index in [0.717, 1.165) is 13.1 Å². The van der Waals surface area contributed by atoms with E-state index in [0.29, 0.717) is 13.1 Å². The summed E-state index contributed by atoms with van der Waals surface area (Å²) in [6.45, 7) is 2.83. The molecule has 1 fully saturated rings. The van der Waals surface area contributed by atoms with Crippen molar-refractivity contribution in [1.82, 2.24) is 19.9 Å². The zero-order chi connectivity index (χ0) is 17.1. The number of likely N-dealkylation sites (N-methyl/N-ethyl adjacent to an activating group) is 1. The minimum absolute atomic E-state index is 0.151. The first-order chi connectivity index (χ1) is 10.8. The number of nitrogens with zero attached hydrogens (tertiary/aromatic N) is 8. The van der Waals surface area contributed by atoms with Crippen molar-refractivity contribution in [3.63, 3.8) is 0 Å². The Morgan fingerprint density at radius 2 is 1.61 bits per heavy atom. The van der Waals surface area contributed by atoms with Crippen LogP contribution in [-0.2, 0) is 0 Å². The highest BCUT2D eigenvalue weighted by Crippen LogP contribution is 2.20. The third-order valence-corrected chi connectivity index (χ3v) is 3.45. The number of rotatable bonds is 5. The molecule has 1 aliphatic heterocycles. The standard InChI is InChI=1S/C11H18N8O4/c1-15(2)10-12-8(9(18(20)21)19(22)23)13-11(14-10)17-6-4-16(3)5-7-17/h9H,4-7H2,1-3H3. The molecular weight excluding hydrogens is 308 g/mol. The van der Waals surface area contributed by atoms with Crippen LogP contribution in [0.4, 0.5) is 11.9 Å². The van der Waals surface area contributed by atoms with E-state index < -0.39 is 21.8 Å². The number of hydrogen-bond acceptors (Lipinski definition) is 10. The molecule has 1 aliphatic rings. The SMILES string of the molecule is CN1CCN(c2nc(C([N+](=O)[O-])[N+](=O)[O-])nc(N(C)C)n2)CC1. The fourth-order valence-electron chi connectivity index (χ4n) is 2.10. The summed E-state index contributed by atoms with van der Waals surface area (Å²) in [6.07, 6.45) is -2.21. The van der Waals surface area contributed by atoms with Crippen molar-refractivity contribution in [1.29, 1.82) is 0 Å². The van der Waals surface area contributed by atoms with Crippen molar-refractivity contribution in [3.8, 4) is 0 Å². The monoisotopic (exact) mass is 326 g/mol. The molecule has 1 aromatic heterocycles. The Hall–Kier alpha value is -2.63. The summed E-state index contributed by atoms with van der Waals surface area (Å²) in [5, 5.41) is 22.0. The van der Waals surface area contributed by atoms with Crippen LogP contribution in [0.5, 0.6) is 0 Å². The fourth-order valence-corrected chi connectivity index (χ4v) is 2.10. The second-order valence-electron chi connectivity index (χ2n) is 5.42. The van der Waals surface area contributed by atoms with Gasteiger partial charge in [-0.2, -0.15) is 15.0 Å². The van der Waals surface area contributed by atoms with Crippen LogP contribution in [0.25, 0.3) is 0 Å². The highest BCUT2D eigenvalue weighted by Gasteiger charge is 2.40. The highest BCUT2D eigenvalue weighted by molar-refractivity contribution is 5.38. The van der Waals surface area contributed by atoms with Crippen LogP contribution in [0, 0.1) is 20.2 Å². The average Bonchev–Trinajstić information content (AvgIpc) is 2.46. The Morgan fingerprint density at radius 3 is 2.09 bits per heavy atom. The maximum Gasteiger partial charge on any atom is 0.509 e. The van der Waals surface area contributed by atoms with E-state index >= 15 is 0 Å². The van der Waals surface area contributed by atoms with Gasteiger partial charge in [-0.15, -0.1) is 0 Å². The van der Waals surface area contributed by atoms with E-state index in [-0.39, 0.29) is 11.9 Å². The lowest BCUT2D eigenvalue weighted by Crippen LogP contribution is -2.45. The molecule has 2 rings (SSSR count). The Labute approximate surface area is 132 Å². The van der Waals surface area contributed by atoms with Crippen LogP contribution in [0.2, 0.25) is 0 Å². The Kier molecular flexibility index (Phi) is 4.83. The van der Waals surface area contributed by atoms with Gasteiger partial charge in [-0.3, -0.25) is 20.2 Å². The van der Waals surface area contributed by atoms with E-state index in [2.05, 4.69) is 19.9 Å². The van der Waals surface area contributed by atoms with E-state index in [1.165, 1.54) is 4.90 Å². The van der Waals surface area contributed by atoms with Crippen LogP contribution < -0.4 is 9.80 Å². The molecule has 0 amide bonds. The summed E-state index contributed by atoms with van der Waals surface area (Å²) in [7, 11) is 5.29. The Balaban J connectivity index is 2.43.